The van der Waals surface area contributed by atoms with Gasteiger partial charge < -0.3 is 10.1 Å². The Morgan fingerprint density at radius 2 is 2.10 bits per heavy atom. The van der Waals surface area contributed by atoms with Gasteiger partial charge in [0.2, 0.25) is 5.88 Å². The van der Waals surface area contributed by atoms with Crippen LogP contribution in [0.2, 0.25) is 5.02 Å². The monoisotopic (exact) mass is 291 g/mol. The number of aromatic nitrogens is 2. The average Bonchev–Trinajstić information content (AvgIpc) is 2.38. The van der Waals surface area contributed by atoms with Gasteiger partial charge >= 0.3 is 6.09 Å². The Bertz CT molecular complexity index is 617. The minimum atomic E-state index is -0.546. The largest absolute Gasteiger partial charge is 0.414 e. The van der Waals surface area contributed by atoms with Gasteiger partial charge in [-0.25, -0.2) is 14.8 Å². The Balaban J connectivity index is 2.18. The first kappa shape index (κ1) is 14.3. The molecule has 2 aromatic rings. The Morgan fingerprint density at radius 3 is 2.80 bits per heavy atom. The molecule has 5 nitrogen and oxygen atoms in total. The van der Waals surface area contributed by atoms with Gasteiger partial charge in [0.15, 0.2) is 0 Å². The number of carbonyl (C=O) groups excluding carboxylic acids is 1. The van der Waals surface area contributed by atoms with E-state index in [9.17, 15) is 4.79 Å². The number of benzene rings is 1. The second kappa shape index (κ2) is 6.34. The van der Waals surface area contributed by atoms with Crippen LogP contribution < -0.4 is 10.1 Å². The maximum Gasteiger partial charge on any atom is 0.414 e. The molecule has 0 radical (unpaired) electrons. The lowest BCUT2D eigenvalue weighted by Gasteiger charge is -2.08. The molecule has 104 valence electrons. The van der Waals surface area contributed by atoms with Crippen molar-refractivity contribution in [3.05, 3.63) is 41.7 Å². The maximum absolute atomic E-state index is 11.5. The molecule has 1 amide bonds. The highest BCUT2D eigenvalue weighted by atomic mass is 35.5. The average molecular weight is 292 g/mol. The van der Waals surface area contributed by atoms with E-state index in [1.165, 1.54) is 6.33 Å². The highest BCUT2D eigenvalue weighted by molar-refractivity contribution is 6.30. The molecule has 20 heavy (non-hydrogen) atoms. The highest BCUT2D eigenvalue weighted by Gasteiger charge is 2.09. The van der Waals surface area contributed by atoms with Gasteiger partial charge in [-0.2, -0.15) is 0 Å². The molecule has 1 N–H and O–H groups in total. The molecule has 0 fully saturated rings. The number of carbonyl (C=O) groups is 1. The van der Waals surface area contributed by atoms with E-state index in [4.69, 9.17) is 16.3 Å². The Labute approximate surface area is 122 Å². The third-order valence-electron chi connectivity index (χ3n) is 2.37. The molecule has 0 bridgehead atoms. The molecular weight excluding hydrogens is 278 g/mol. The van der Waals surface area contributed by atoms with E-state index in [1.807, 2.05) is 26.0 Å². The summed E-state index contributed by atoms with van der Waals surface area (Å²) in [7, 11) is 0. The summed E-state index contributed by atoms with van der Waals surface area (Å²) in [5.74, 6) is 0.188. The van der Waals surface area contributed by atoms with Crippen LogP contribution in [0.3, 0.4) is 0 Å². The fraction of sp³-hybridized carbons (Fsp3) is 0.214. The zero-order valence-electron chi connectivity index (χ0n) is 11.1. The molecule has 2 rings (SSSR count). The van der Waals surface area contributed by atoms with Crippen molar-refractivity contribution in [3.63, 3.8) is 0 Å². The normalized spacial score (nSPS) is 10.4. The minimum absolute atomic E-state index is 0.00302. The van der Waals surface area contributed by atoms with E-state index < -0.39 is 6.09 Å². The molecule has 0 saturated carbocycles. The van der Waals surface area contributed by atoms with Crippen molar-refractivity contribution in [3.8, 4) is 17.1 Å². The summed E-state index contributed by atoms with van der Waals surface area (Å²) in [6, 6.07) is 8.84. The molecule has 1 aromatic heterocycles. The second-order valence-corrected chi connectivity index (χ2v) is 4.88. The highest BCUT2D eigenvalue weighted by Crippen LogP contribution is 2.22. The Morgan fingerprint density at radius 1 is 1.30 bits per heavy atom. The molecule has 0 aliphatic rings. The molecular formula is C14H14ClN3O2. The van der Waals surface area contributed by atoms with Crippen LogP contribution in [0.15, 0.2) is 36.7 Å². The van der Waals surface area contributed by atoms with Crippen LogP contribution in [0.5, 0.6) is 5.88 Å². The fourth-order valence-corrected chi connectivity index (χ4v) is 1.75. The predicted octanol–water partition coefficient (Wildman–Crippen LogP) is 3.29. The van der Waals surface area contributed by atoms with Crippen molar-refractivity contribution in [2.24, 2.45) is 0 Å². The van der Waals surface area contributed by atoms with E-state index in [0.29, 0.717) is 10.7 Å². The summed E-state index contributed by atoms with van der Waals surface area (Å²) in [6.07, 6.45) is 0.796. The van der Waals surface area contributed by atoms with Crippen LogP contribution in [0.1, 0.15) is 13.8 Å². The summed E-state index contributed by atoms with van der Waals surface area (Å²) >= 11 is 5.94. The van der Waals surface area contributed by atoms with Gasteiger partial charge in [0.05, 0.1) is 5.69 Å². The summed E-state index contributed by atoms with van der Waals surface area (Å²) in [4.78, 5) is 19.6. The van der Waals surface area contributed by atoms with Gasteiger partial charge in [-0.05, 0) is 26.0 Å². The van der Waals surface area contributed by atoms with Crippen molar-refractivity contribution in [2.45, 2.75) is 19.9 Å². The summed E-state index contributed by atoms with van der Waals surface area (Å²) < 4.78 is 5.08. The van der Waals surface area contributed by atoms with Crippen molar-refractivity contribution < 1.29 is 9.53 Å². The zero-order valence-corrected chi connectivity index (χ0v) is 11.9. The first-order chi connectivity index (χ1) is 9.54. The molecule has 1 aromatic carbocycles. The fourth-order valence-electron chi connectivity index (χ4n) is 1.56. The van der Waals surface area contributed by atoms with Crippen molar-refractivity contribution in [2.75, 3.05) is 0 Å². The molecule has 0 atom stereocenters. The smallest absolute Gasteiger partial charge is 0.391 e. The number of hydrogen-bond acceptors (Lipinski definition) is 4. The minimum Gasteiger partial charge on any atom is -0.391 e. The lowest BCUT2D eigenvalue weighted by molar-refractivity contribution is 0.196. The van der Waals surface area contributed by atoms with Crippen LogP contribution >= 0.6 is 11.6 Å². The van der Waals surface area contributed by atoms with Gasteiger partial charge in [-0.1, -0.05) is 23.7 Å². The van der Waals surface area contributed by atoms with Gasteiger partial charge in [0.1, 0.15) is 6.33 Å². The summed E-state index contributed by atoms with van der Waals surface area (Å²) in [6.45, 7) is 3.69. The van der Waals surface area contributed by atoms with Gasteiger partial charge in [0.25, 0.3) is 0 Å². The van der Waals surface area contributed by atoms with Crippen LogP contribution in [0.25, 0.3) is 11.3 Å². The van der Waals surface area contributed by atoms with Crippen LogP contribution in [0.4, 0.5) is 4.79 Å². The van der Waals surface area contributed by atoms with E-state index in [1.54, 1.807) is 18.2 Å². The third kappa shape index (κ3) is 3.93. The lowest BCUT2D eigenvalue weighted by atomic mass is 10.1. The van der Waals surface area contributed by atoms with Crippen LogP contribution in [-0.2, 0) is 0 Å². The standard InChI is InChI=1S/C14H14ClN3O2/c1-9(2)18-14(19)20-13-7-12(16-8-17-13)10-4-3-5-11(15)6-10/h3-9H,1-2H3,(H,18,19). The molecule has 0 aliphatic heterocycles. The van der Waals surface area contributed by atoms with E-state index in [2.05, 4.69) is 15.3 Å². The quantitative estimate of drug-likeness (QED) is 0.942. The molecule has 0 aliphatic carbocycles. The van der Waals surface area contributed by atoms with Crippen LogP contribution in [0, 0.1) is 0 Å². The Hall–Kier alpha value is -2.14. The third-order valence-corrected chi connectivity index (χ3v) is 2.60. The van der Waals surface area contributed by atoms with Crippen molar-refractivity contribution >= 4 is 17.7 Å². The SMILES string of the molecule is CC(C)NC(=O)Oc1cc(-c2cccc(Cl)c2)ncn1. The number of amides is 1. The molecule has 1 heterocycles. The van der Waals surface area contributed by atoms with Gasteiger partial charge in [-0.3, -0.25) is 0 Å². The topological polar surface area (TPSA) is 64.1 Å². The van der Waals surface area contributed by atoms with E-state index >= 15 is 0 Å². The number of halogens is 1. The molecule has 0 saturated heterocycles. The Kier molecular flexibility index (Phi) is 4.53. The maximum atomic E-state index is 11.5. The summed E-state index contributed by atoms with van der Waals surface area (Å²) in [5, 5.41) is 3.23. The number of nitrogens with zero attached hydrogens (tertiary/aromatic N) is 2. The van der Waals surface area contributed by atoms with Crippen LogP contribution in [-0.4, -0.2) is 22.1 Å². The predicted molar refractivity (Wildman–Crippen MR) is 76.8 cm³/mol. The lowest BCUT2D eigenvalue weighted by Crippen LogP contribution is -2.32. The molecule has 0 unspecified atom stereocenters. The summed E-state index contributed by atoms with van der Waals surface area (Å²) in [5.41, 5.74) is 1.46. The zero-order chi connectivity index (χ0) is 14.5. The number of hydrogen-bond donors (Lipinski definition) is 1. The van der Waals surface area contributed by atoms with Gasteiger partial charge in [-0.15, -0.1) is 0 Å². The number of nitrogens with one attached hydrogen (secondary N) is 1. The first-order valence-electron chi connectivity index (χ1n) is 6.11. The number of rotatable bonds is 3. The number of ether oxygens (including phenoxy) is 1. The first-order valence-corrected chi connectivity index (χ1v) is 6.49. The molecule has 6 heteroatoms. The van der Waals surface area contributed by atoms with E-state index in [0.717, 1.165) is 5.56 Å². The van der Waals surface area contributed by atoms with Crippen molar-refractivity contribution in [1.29, 1.82) is 0 Å². The van der Waals surface area contributed by atoms with Gasteiger partial charge in [0, 0.05) is 22.7 Å². The second-order valence-electron chi connectivity index (χ2n) is 4.44. The molecule has 0 spiro atoms. The van der Waals surface area contributed by atoms with Crippen molar-refractivity contribution in [1.82, 2.24) is 15.3 Å². The van der Waals surface area contributed by atoms with E-state index in [-0.39, 0.29) is 11.9 Å².